The third-order valence-corrected chi connectivity index (χ3v) is 8.21. The molecule has 6 rings (SSSR count). The fourth-order valence-electron chi connectivity index (χ4n) is 6.75. The van der Waals surface area contributed by atoms with Gasteiger partial charge < -0.3 is 15.7 Å². The number of quaternary nitrogens is 1. The topological polar surface area (TPSA) is 103 Å². The van der Waals surface area contributed by atoms with E-state index >= 15 is 0 Å². The van der Waals surface area contributed by atoms with Gasteiger partial charge in [-0.3, -0.25) is 19.3 Å². The van der Waals surface area contributed by atoms with Gasteiger partial charge in [0.15, 0.2) is 0 Å². The molecule has 0 unspecified atom stereocenters. The molecular weight excluding hydrogens is 437 g/mol. The number of likely N-dealkylation sites (tertiary alicyclic amines) is 1. The van der Waals surface area contributed by atoms with Gasteiger partial charge in [-0.25, -0.2) is 4.39 Å². The van der Waals surface area contributed by atoms with Gasteiger partial charge in [0, 0.05) is 18.0 Å². The third kappa shape index (κ3) is 2.94. The van der Waals surface area contributed by atoms with E-state index in [0.29, 0.717) is 17.7 Å². The van der Waals surface area contributed by atoms with Crippen molar-refractivity contribution in [3.05, 3.63) is 59.4 Å². The zero-order valence-corrected chi connectivity index (χ0v) is 18.7. The van der Waals surface area contributed by atoms with E-state index in [-0.39, 0.29) is 35.6 Å². The first-order valence-corrected chi connectivity index (χ1v) is 12.0. The number of halogens is 1. The van der Waals surface area contributed by atoms with Crippen molar-refractivity contribution in [3.8, 4) is 5.75 Å². The van der Waals surface area contributed by atoms with Gasteiger partial charge in [-0.1, -0.05) is 31.4 Å². The molecule has 4 aliphatic rings. The number of carbonyl (C=O) groups excluding carboxylic acids is 3. The van der Waals surface area contributed by atoms with Crippen LogP contribution in [0.4, 0.5) is 10.1 Å². The number of benzene rings is 2. The van der Waals surface area contributed by atoms with Gasteiger partial charge in [0.25, 0.3) is 5.91 Å². The number of anilines is 1. The molecule has 4 N–H and O–H groups in total. The Balaban J connectivity index is 1.46. The highest BCUT2D eigenvalue weighted by molar-refractivity contribution is 6.14. The molecule has 2 aromatic carbocycles. The number of hydrogen-bond acceptors (Lipinski definition) is 4. The summed E-state index contributed by atoms with van der Waals surface area (Å²) in [4.78, 5) is 42.7. The smallest absolute Gasteiger partial charge is 0.291 e. The van der Waals surface area contributed by atoms with E-state index in [1.165, 1.54) is 23.1 Å². The van der Waals surface area contributed by atoms with Gasteiger partial charge >= 0.3 is 0 Å². The van der Waals surface area contributed by atoms with Crippen LogP contribution in [0.25, 0.3) is 0 Å². The Morgan fingerprint density at radius 2 is 1.76 bits per heavy atom. The van der Waals surface area contributed by atoms with Crippen LogP contribution in [0.1, 0.15) is 43.2 Å². The van der Waals surface area contributed by atoms with Crippen molar-refractivity contribution in [2.75, 3.05) is 5.32 Å². The lowest BCUT2D eigenvalue weighted by atomic mass is 9.76. The molecule has 1 spiro atoms. The lowest BCUT2D eigenvalue weighted by molar-refractivity contribution is -0.733. The molecule has 2 aromatic rings. The van der Waals surface area contributed by atoms with Crippen LogP contribution in [-0.4, -0.2) is 39.8 Å². The molecule has 3 amide bonds. The molecule has 0 bridgehead atoms. The predicted octanol–water partition coefficient (Wildman–Crippen LogP) is 1.80. The zero-order valence-electron chi connectivity index (χ0n) is 18.7. The lowest BCUT2D eigenvalue weighted by Gasteiger charge is -2.32. The van der Waals surface area contributed by atoms with E-state index in [4.69, 9.17) is 0 Å². The molecule has 0 aromatic heterocycles. The molecule has 3 fully saturated rings. The second-order valence-electron chi connectivity index (χ2n) is 10.1. The number of phenolic OH excluding ortho intramolecular Hbond substituents is 1. The number of nitrogens with zero attached hydrogens (tertiary/aromatic N) is 1. The molecule has 8 heteroatoms. The maximum Gasteiger partial charge on any atom is 0.291 e. The summed E-state index contributed by atoms with van der Waals surface area (Å²) < 4.78 is 14.4. The number of nitrogens with two attached hydrogens (primary N) is 1. The van der Waals surface area contributed by atoms with Crippen molar-refractivity contribution in [2.45, 2.75) is 56.1 Å². The van der Waals surface area contributed by atoms with Crippen LogP contribution in [0.5, 0.6) is 5.75 Å². The monoisotopic (exact) mass is 464 g/mol. The molecule has 4 atom stereocenters. The fourth-order valence-corrected chi connectivity index (χ4v) is 6.75. The van der Waals surface area contributed by atoms with Gasteiger partial charge in [0.05, 0.1) is 5.69 Å². The van der Waals surface area contributed by atoms with E-state index in [9.17, 15) is 23.9 Å². The summed E-state index contributed by atoms with van der Waals surface area (Å²) in [5.74, 6) is -2.79. The Morgan fingerprint density at radius 3 is 2.50 bits per heavy atom. The first kappa shape index (κ1) is 21.3. The van der Waals surface area contributed by atoms with Crippen LogP contribution in [0.15, 0.2) is 42.5 Å². The fraction of sp³-hybridized carbons (Fsp3) is 0.423. The van der Waals surface area contributed by atoms with E-state index in [0.717, 1.165) is 37.7 Å². The van der Waals surface area contributed by atoms with E-state index < -0.39 is 23.2 Å². The number of phenols is 1. The Hall–Kier alpha value is -3.26. The molecular formula is C26H27FN3O4+. The minimum absolute atomic E-state index is 0.137. The van der Waals surface area contributed by atoms with E-state index in [2.05, 4.69) is 5.32 Å². The second kappa shape index (κ2) is 7.63. The standard InChI is InChI=1S/C26H26FN3O4/c27-15-8-11-19-18(13-15)26(25(34)28-19)22-21(20(29-26)12-14-6-9-17(31)10-7-14)23(32)30(24(22)33)16-4-2-1-3-5-16/h6-11,13,16,20-22,29,31H,1-5,12H2,(H,28,34)/p+1/t20-,21-,22+,26+/m1/s1. The zero-order chi connectivity index (χ0) is 23.6. The van der Waals surface area contributed by atoms with Gasteiger partial charge in [0.1, 0.15) is 29.4 Å². The van der Waals surface area contributed by atoms with E-state index in [1.54, 1.807) is 24.3 Å². The predicted molar refractivity (Wildman–Crippen MR) is 120 cm³/mol. The lowest BCUT2D eigenvalue weighted by Crippen LogP contribution is -2.99. The summed E-state index contributed by atoms with van der Waals surface area (Å²) in [5.41, 5.74) is 0.444. The normalized spacial score (nSPS) is 30.7. The Kier molecular flexibility index (Phi) is 4.78. The minimum Gasteiger partial charge on any atom is -0.508 e. The summed E-state index contributed by atoms with van der Waals surface area (Å²) in [6.45, 7) is 0. The summed E-state index contributed by atoms with van der Waals surface area (Å²) in [6, 6.07) is 10.4. The number of rotatable bonds is 3. The Labute approximate surface area is 196 Å². The molecule has 34 heavy (non-hydrogen) atoms. The first-order chi connectivity index (χ1) is 16.4. The Morgan fingerprint density at radius 1 is 1.03 bits per heavy atom. The number of amides is 3. The minimum atomic E-state index is -1.38. The van der Waals surface area contributed by atoms with Crippen molar-refractivity contribution in [1.29, 1.82) is 0 Å². The van der Waals surface area contributed by atoms with Crippen molar-refractivity contribution in [1.82, 2.24) is 4.90 Å². The first-order valence-electron chi connectivity index (χ1n) is 12.0. The molecule has 3 heterocycles. The maximum absolute atomic E-state index is 14.4. The highest BCUT2D eigenvalue weighted by Gasteiger charge is 2.74. The van der Waals surface area contributed by atoms with Gasteiger partial charge in [-0.15, -0.1) is 0 Å². The Bertz CT molecular complexity index is 1190. The average molecular weight is 465 g/mol. The number of carbonyl (C=O) groups is 3. The second-order valence-corrected chi connectivity index (χ2v) is 10.1. The molecule has 176 valence electrons. The van der Waals surface area contributed by atoms with Crippen molar-refractivity contribution >= 4 is 23.4 Å². The van der Waals surface area contributed by atoms with Crippen LogP contribution in [0, 0.1) is 17.7 Å². The van der Waals surface area contributed by atoms with Crippen LogP contribution in [0.3, 0.4) is 0 Å². The van der Waals surface area contributed by atoms with Crippen molar-refractivity contribution < 1.29 is 29.2 Å². The van der Waals surface area contributed by atoms with Crippen LogP contribution < -0.4 is 10.6 Å². The average Bonchev–Trinajstić information content (AvgIpc) is 3.40. The molecule has 1 saturated carbocycles. The van der Waals surface area contributed by atoms with Gasteiger partial charge in [0.2, 0.25) is 17.4 Å². The van der Waals surface area contributed by atoms with Crippen LogP contribution in [-0.2, 0) is 26.3 Å². The summed E-state index contributed by atoms with van der Waals surface area (Å²) in [7, 11) is 0. The summed E-state index contributed by atoms with van der Waals surface area (Å²) >= 11 is 0. The maximum atomic E-state index is 14.4. The SMILES string of the molecule is O=C1[C@H]2[C@@H](C(=O)N1C1CCCCC1)[C@]1([NH2+][C@@H]2Cc2ccc(O)cc2)C(=O)Nc2ccc(F)cc21. The highest BCUT2D eigenvalue weighted by Crippen LogP contribution is 2.50. The van der Waals surface area contributed by atoms with Crippen molar-refractivity contribution in [3.63, 3.8) is 0 Å². The van der Waals surface area contributed by atoms with Crippen LogP contribution >= 0.6 is 0 Å². The number of fused-ring (bicyclic) bond motifs is 4. The van der Waals surface area contributed by atoms with Gasteiger partial charge in [-0.05, 0) is 48.7 Å². The number of hydrogen-bond donors (Lipinski definition) is 3. The summed E-state index contributed by atoms with van der Waals surface area (Å²) in [6.07, 6.45) is 5.05. The van der Waals surface area contributed by atoms with Crippen LogP contribution in [0.2, 0.25) is 0 Å². The molecule has 7 nitrogen and oxygen atoms in total. The molecule has 1 aliphatic carbocycles. The number of nitrogens with one attached hydrogen (secondary N) is 1. The third-order valence-electron chi connectivity index (χ3n) is 8.21. The molecule has 3 aliphatic heterocycles. The van der Waals surface area contributed by atoms with Crippen molar-refractivity contribution in [2.24, 2.45) is 11.8 Å². The summed E-state index contributed by atoms with van der Waals surface area (Å²) in [5, 5.41) is 14.3. The van der Waals surface area contributed by atoms with E-state index in [1.807, 2.05) is 5.32 Å². The quantitative estimate of drug-likeness (QED) is 0.603. The van der Waals surface area contributed by atoms with Gasteiger partial charge in [-0.2, -0.15) is 0 Å². The number of aromatic hydroxyl groups is 1. The number of imide groups is 1. The highest BCUT2D eigenvalue weighted by atomic mass is 19.1. The largest absolute Gasteiger partial charge is 0.508 e. The molecule has 0 radical (unpaired) electrons. The molecule has 2 saturated heterocycles.